The van der Waals surface area contributed by atoms with E-state index in [0.717, 1.165) is 10.6 Å². The number of ether oxygens (including phenoxy) is 1. The van der Waals surface area contributed by atoms with E-state index >= 15 is 0 Å². The Hall–Kier alpha value is -2.24. The molecule has 3 aromatic rings. The number of carbonyl (C=O) groups is 1. The molecular formula is C19H18ClNO3S. The molecular weight excluding hydrogens is 358 g/mol. The van der Waals surface area contributed by atoms with Gasteiger partial charge in [-0.15, -0.1) is 11.3 Å². The molecule has 2 aromatic heterocycles. The first-order valence-electron chi connectivity index (χ1n) is 7.87. The zero-order valence-electron chi connectivity index (χ0n) is 13.7. The number of amides is 1. The summed E-state index contributed by atoms with van der Waals surface area (Å²) < 4.78 is 11.2. The summed E-state index contributed by atoms with van der Waals surface area (Å²) in [5, 5.41) is 2.63. The molecule has 130 valence electrons. The van der Waals surface area contributed by atoms with E-state index in [1.807, 2.05) is 29.6 Å². The van der Waals surface area contributed by atoms with Gasteiger partial charge in [-0.05, 0) is 54.8 Å². The van der Waals surface area contributed by atoms with E-state index in [2.05, 4.69) is 0 Å². The highest BCUT2D eigenvalue weighted by Gasteiger charge is 2.23. The summed E-state index contributed by atoms with van der Waals surface area (Å²) in [4.78, 5) is 15.8. The Bertz CT molecular complexity index is 748. The third-order valence-corrected chi connectivity index (χ3v) is 4.75. The summed E-state index contributed by atoms with van der Waals surface area (Å²) in [6.07, 6.45) is 0.993. The first-order chi connectivity index (χ1) is 12.1. The number of halogens is 1. The molecule has 3 rings (SSSR count). The standard InChI is InChI=1S/C19H18ClNO3S/c1-14(24-16-8-6-15(20)7-9-16)19(22)21(12-17-4-2-10-23-17)13-18-5-3-11-25-18/h2-11,14H,12-13H2,1H3. The largest absolute Gasteiger partial charge is 0.481 e. The number of benzene rings is 1. The third-order valence-electron chi connectivity index (χ3n) is 3.64. The van der Waals surface area contributed by atoms with Crippen LogP contribution in [0.15, 0.2) is 64.6 Å². The molecule has 0 aliphatic carbocycles. The van der Waals surface area contributed by atoms with Gasteiger partial charge in [0.05, 0.1) is 19.4 Å². The van der Waals surface area contributed by atoms with E-state index in [9.17, 15) is 4.79 Å². The van der Waals surface area contributed by atoms with Crippen LogP contribution in [0.4, 0.5) is 0 Å². The fourth-order valence-electron chi connectivity index (χ4n) is 2.42. The van der Waals surface area contributed by atoms with Crippen LogP contribution in [0.5, 0.6) is 5.75 Å². The average Bonchev–Trinajstić information content (AvgIpc) is 3.29. The zero-order valence-corrected chi connectivity index (χ0v) is 15.3. The van der Waals surface area contributed by atoms with E-state index in [-0.39, 0.29) is 5.91 Å². The van der Waals surface area contributed by atoms with Gasteiger partial charge >= 0.3 is 0 Å². The van der Waals surface area contributed by atoms with Gasteiger partial charge in [0, 0.05) is 9.90 Å². The number of thiophene rings is 1. The predicted octanol–water partition coefficient (Wildman–Crippen LogP) is 4.99. The molecule has 0 saturated carbocycles. The normalized spacial score (nSPS) is 11.9. The number of hydrogen-bond acceptors (Lipinski definition) is 4. The molecule has 1 amide bonds. The van der Waals surface area contributed by atoms with Crippen LogP contribution >= 0.6 is 22.9 Å². The summed E-state index contributed by atoms with van der Waals surface area (Å²) in [6, 6.07) is 14.6. The van der Waals surface area contributed by atoms with Crippen LogP contribution in [0.3, 0.4) is 0 Å². The fourth-order valence-corrected chi connectivity index (χ4v) is 3.26. The van der Waals surface area contributed by atoms with Gasteiger partial charge in [0.25, 0.3) is 5.91 Å². The number of rotatable bonds is 7. The molecule has 2 heterocycles. The lowest BCUT2D eigenvalue weighted by molar-refractivity contribution is -0.139. The summed E-state index contributed by atoms with van der Waals surface area (Å²) in [5.41, 5.74) is 0. The van der Waals surface area contributed by atoms with Crippen molar-refractivity contribution in [2.45, 2.75) is 26.1 Å². The lowest BCUT2D eigenvalue weighted by Crippen LogP contribution is -2.39. The highest BCUT2D eigenvalue weighted by Crippen LogP contribution is 2.20. The molecule has 1 unspecified atom stereocenters. The smallest absolute Gasteiger partial charge is 0.264 e. The first kappa shape index (κ1) is 17.6. The van der Waals surface area contributed by atoms with E-state index in [4.69, 9.17) is 20.8 Å². The molecule has 1 atom stereocenters. The Kier molecular flexibility index (Phi) is 5.79. The van der Waals surface area contributed by atoms with Gasteiger partial charge in [0.1, 0.15) is 11.5 Å². The summed E-state index contributed by atoms with van der Waals surface area (Å²) in [6.45, 7) is 2.67. The minimum absolute atomic E-state index is 0.0975. The quantitative estimate of drug-likeness (QED) is 0.584. The van der Waals surface area contributed by atoms with Crippen LogP contribution in [0, 0.1) is 0 Å². The molecule has 4 nitrogen and oxygen atoms in total. The average molecular weight is 376 g/mol. The van der Waals surface area contributed by atoms with E-state index < -0.39 is 6.10 Å². The molecule has 0 bridgehead atoms. The number of carbonyl (C=O) groups excluding carboxylic acids is 1. The van der Waals surface area contributed by atoms with Crippen molar-refractivity contribution in [3.8, 4) is 5.75 Å². The van der Waals surface area contributed by atoms with Crippen molar-refractivity contribution in [3.05, 3.63) is 75.8 Å². The van der Waals surface area contributed by atoms with Gasteiger partial charge in [-0.1, -0.05) is 17.7 Å². The fraction of sp³-hybridized carbons (Fsp3) is 0.211. The SMILES string of the molecule is CC(Oc1ccc(Cl)cc1)C(=O)N(Cc1ccco1)Cc1cccs1. The van der Waals surface area contributed by atoms with Crippen molar-refractivity contribution in [3.63, 3.8) is 0 Å². The lowest BCUT2D eigenvalue weighted by atomic mass is 10.2. The third kappa shape index (κ3) is 4.87. The zero-order chi connectivity index (χ0) is 17.6. The van der Waals surface area contributed by atoms with Crippen LogP contribution in [0.1, 0.15) is 17.6 Å². The highest BCUT2D eigenvalue weighted by molar-refractivity contribution is 7.09. The van der Waals surface area contributed by atoms with Crippen molar-refractivity contribution >= 4 is 28.8 Å². The van der Waals surface area contributed by atoms with Gasteiger partial charge in [0.2, 0.25) is 0 Å². The van der Waals surface area contributed by atoms with Crippen molar-refractivity contribution in [2.75, 3.05) is 0 Å². The van der Waals surface area contributed by atoms with Crippen molar-refractivity contribution in [1.82, 2.24) is 4.90 Å². The predicted molar refractivity (Wildman–Crippen MR) is 98.8 cm³/mol. The number of nitrogens with zero attached hydrogens (tertiary/aromatic N) is 1. The minimum Gasteiger partial charge on any atom is -0.481 e. The topological polar surface area (TPSA) is 42.7 Å². The van der Waals surface area contributed by atoms with Gasteiger partial charge in [0.15, 0.2) is 6.10 Å². The van der Waals surface area contributed by atoms with Crippen molar-refractivity contribution in [2.24, 2.45) is 0 Å². The monoisotopic (exact) mass is 375 g/mol. The second kappa shape index (κ2) is 8.23. The van der Waals surface area contributed by atoms with E-state index in [0.29, 0.717) is 23.9 Å². The molecule has 0 fully saturated rings. The van der Waals surface area contributed by atoms with Gasteiger partial charge in [-0.25, -0.2) is 0 Å². The van der Waals surface area contributed by atoms with Crippen LogP contribution in [-0.2, 0) is 17.9 Å². The van der Waals surface area contributed by atoms with Crippen LogP contribution in [-0.4, -0.2) is 16.9 Å². The Morgan fingerprint density at radius 2 is 2.00 bits per heavy atom. The Morgan fingerprint density at radius 1 is 1.20 bits per heavy atom. The molecule has 0 saturated heterocycles. The molecule has 0 aliphatic heterocycles. The molecule has 0 spiro atoms. The van der Waals surface area contributed by atoms with Crippen molar-refractivity contribution < 1.29 is 13.9 Å². The second-order valence-electron chi connectivity index (χ2n) is 5.57. The van der Waals surface area contributed by atoms with E-state index in [1.54, 1.807) is 53.7 Å². The number of hydrogen-bond donors (Lipinski definition) is 0. The molecule has 0 N–H and O–H groups in total. The van der Waals surface area contributed by atoms with Crippen LogP contribution < -0.4 is 4.74 Å². The van der Waals surface area contributed by atoms with Gasteiger partial charge < -0.3 is 14.1 Å². The van der Waals surface area contributed by atoms with Crippen LogP contribution in [0.25, 0.3) is 0 Å². The maximum Gasteiger partial charge on any atom is 0.264 e. The Labute approximate surface area is 155 Å². The molecule has 6 heteroatoms. The summed E-state index contributed by atoms with van der Waals surface area (Å²) in [5.74, 6) is 1.25. The highest BCUT2D eigenvalue weighted by atomic mass is 35.5. The van der Waals surface area contributed by atoms with Gasteiger partial charge in [-0.2, -0.15) is 0 Å². The summed E-state index contributed by atoms with van der Waals surface area (Å²) in [7, 11) is 0. The summed E-state index contributed by atoms with van der Waals surface area (Å²) >= 11 is 7.50. The second-order valence-corrected chi connectivity index (χ2v) is 7.04. The lowest BCUT2D eigenvalue weighted by Gasteiger charge is -2.25. The Balaban J connectivity index is 1.71. The molecule has 1 aromatic carbocycles. The molecule has 25 heavy (non-hydrogen) atoms. The molecule has 0 radical (unpaired) electrons. The Morgan fingerprint density at radius 3 is 2.64 bits per heavy atom. The maximum atomic E-state index is 12.9. The minimum atomic E-state index is -0.615. The maximum absolute atomic E-state index is 12.9. The molecule has 0 aliphatic rings. The first-order valence-corrected chi connectivity index (χ1v) is 9.13. The van der Waals surface area contributed by atoms with Crippen molar-refractivity contribution in [1.29, 1.82) is 0 Å². The van der Waals surface area contributed by atoms with Crippen LogP contribution in [0.2, 0.25) is 5.02 Å². The number of furan rings is 1. The van der Waals surface area contributed by atoms with Gasteiger partial charge in [-0.3, -0.25) is 4.79 Å². The van der Waals surface area contributed by atoms with E-state index in [1.165, 1.54) is 0 Å².